The van der Waals surface area contributed by atoms with Gasteiger partial charge in [0.15, 0.2) is 0 Å². The van der Waals surface area contributed by atoms with Crippen LogP contribution in [0, 0.1) is 11.6 Å². The monoisotopic (exact) mass is 375 g/mol. The van der Waals surface area contributed by atoms with Gasteiger partial charge in [0.05, 0.1) is 4.88 Å². The maximum absolute atomic E-state index is 13.6. The normalized spacial score (nSPS) is 12.0. The van der Waals surface area contributed by atoms with Gasteiger partial charge in [-0.1, -0.05) is 12.1 Å². The molecule has 0 saturated heterocycles. The lowest BCUT2D eigenvalue weighted by molar-refractivity contribution is -0.124. The molecule has 0 radical (unpaired) electrons. The van der Waals surface area contributed by atoms with Gasteiger partial charge in [-0.05, 0) is 30.5 Å². The van der Waals surface area contributed by atoms with Crippen molar-refractivity contribution in [1.82, 2.24) is 15.1 Å². The summed E-state index contributed by atoms with van der Waals surface area (Å²) in [5.74, 6) is -1.92. The average Bonchev–Trinajstić information content (AvgIpc) is 3.15. The van der Waals surface area contributed by atoms with Gasteiger partial charge in [-0.25, -0.2) is 13.5 Å². The molecule has 0 fully saturated rings. The largest absolute Gasteiger partial charge is 0.350 e. The minimum absolute atomic E-state index is 0.116. The molecule has 0 spiro atoms. The molecule has 26 heavy (non-hydrogen) atoms. The highest BCUT2D eigenvalue weighted by atomic mass is 32.1. The molecular weight excluding hydrogens is 360 g/mol. The second-order valence-electron chi connectivity index (χ2n) is 5.61. The van der Waals surface area contributed by atoms with E-state index in [2.05, 4.69) is 10.4 Å². The van der Waals surface area contributed by atoms with Crippen molar-refractivity contribution >= 4 is 17.2 Å². The SMILES string of the molecule is CC(C(=O)NCc1ccc(F)cc1F)n1nc(-c2cccs2)ccc1=O. The lowest BCUT2D eigenvalue weighted by Crippen LogP contribution is -2.36. The molecule has 8 heteroatoms. The Morgan fingerprint density at radius 3 is 2.77 bits per heavy atom. The lowest BCUT2D eigenvalue weighted by atomic mass is 10.2. The van der Waals surface area contributed by atoms with E-state index in [1.807, 2.05) is 17.5 Å². The number of halogens is 2. The van der Waals surface area contributed by atoms with Crippen molar-refractivity contribution in [3.05, 3.63) is 75.4 Å². The molecule has 3 aromatic rings. The Morgan fingerprint density at radius 2 is 2.08 bits per heavy atom. The van der Waals surface area contributed by atoms with Gasteiger partial charge >= 0.3 is 0 Å². The number of hydrogen-bond acceptors (Lipinski definition) is 4. The molecule has 0 bridgehead atoms. The summed E-state index contributed by atoms with van der Waals surface area (Å²) in [6.45, 7) is 1.41. The molecule has 0 aliphatic rings. The minimum Gasteiger partial charge on any atom is -0.350 e. The number of nitrogens with one attached hydrogen (secondary N) is 1. The van der Waals surface area contributed by atoms with Gasteiger partial charge in [-0.15, -0.1) is 11.3 Å². The van der Waals surface area contributed by atoms with E-state index >= 15 is 0 Å². The Kier molecular flexibility index (Phi) is 5.22. The second kappa shape index (κ2) is 7.57. The molecule has 134 valence electrons. The lowest BCUT2D eigenvalue weighted by Gasteiger charge is -2.15. The van der Waals surface area contributed by atoms with Gasteiger partial charge in [0.1, 0.15) is 23.4 Å². The maximum Gasteiger partial charge on any atom is 0.267 e. The fourth-order valence-corrected chi connectivity index (χ4v) is 3.06. The molecular formula is C18H15F2N3O2S. The summed E-state index contributed by atoms with van der Waals surface area (Å²) < 4.78 is 27.7. The Hall–Kier alpha value is -2.87. The van der Waals surface area contributed by atoms with Crippen molar-refractivity contribution in [3.8, 4) is 10.6 Å². The summed E-state index contributed by atoms with van der Waals surface area (Å²) in [5.41, 5.74) is 0.323. The smallest absolute Gasteiger partial charge is 0.267 e. The maximum atomic E-state index is 13.6. The second-order valence-corrected chi connectivity index (χ2v) is 6.56. The number of benzene rings is 1. The predicted molar refractivity (Wildman–Crippen MR) is 94.7 cm³/mol. The van der Waals surface area contributed by atoms with E-state index < -0.39 is 29.1 Å². The zero-order chi connectivity index (χ0) is 18.7. The van der Waals surface area contributed by atoms with Crippen molar-refractivity contribution in [2.24, 2.45) is 0 Å². The van der Waals surface area contributed by atoms with Gasteiger partial charge < -0.3 is 5.32 Å². The highest BCUT2D eigenvalue weighted by Crippen LogP contribution is 2.21. The Labute approximate surface area is 151 Å². The van der Waals surface area contributed by atoms with Crippen LogP contribution in [0.25, 0.3) is 10.6 Å². The summed E-state index contributed by atoms with van der Waals surface area (Å²) in [4.78, 5) is 25.3. The van der Waals surface area contributed by atoms with E-state index in [0.29, 0.717) is 5.69 Å². The third-order valence-corrected chi connectivity index (χ3v) is 4.71. The molecule has 1 unspecified atom stereocenters. The summed E-state index contributed by atoms with van der Waals surface area (Å²) in [7, 11) is 0. The summed E-state index contributed by atoms with van der Waals surface area (Å²) >= 11 is 1.47. The van der Waals surface area contributed by atoms with E-state index in [0.717, 1.165) is 21.7 Å². The molecule has 0 aliphatic heterocycles. The number of thiophene rings is 1. The number of amides is 1. The molecule has 2 aromatic heterocycles. The Bertz CT molecular complexity index is 986. The van der Waals surface area contributed by atoms with Gasteiger partial charge in [-0.3, -0.25) is 9.59 Å². The number of rotatable bonds is 5. The van der Waals surface area contributed by atoms with Gasteiger partial charge in [-0.2, -0.15) is 5.10 Å². The zero-order valence-corrected chi connectivity index (χ0v) is 14.6. The van der Waals surface area contributed by atoms with Crippen LogP contribution in [0.4, 0.5) is 8.78 Å². The Balaban J connectivity index is 1.76. The Morgan fingerprint density at radius 1 is 1.27 bits per heavy atom. The van der Waals surface area contributed by atoms with Crippen LogP contribution in [0.1, 0.15) is 18.5 Å². The van der Waals surface area contributed by atoms with E-state index in [-0.39, 0.29) is 12.1 Å². The van der Waals surface area contributed by atoms with Crippen molar-refractivity contribution in [3.63, 3.8) is 0 Å². The average molecular weight is 375 g/mol. The standard InChI is InChI=1S/C18H15F2N3O2S/c1-11(18(25)21-10-12-4-5-13(19)9-14(12)20)23-17(24)7-6-15(22-23)16-3-2-8-26-16/h2-9,11H,10H2,1H3,(H,21,25). The summed E-state index contributed by atoms with van der Waals surface area (Å²) in [6.07, 6.45) is 0. The number of carbonyl (C=O) groups excluding carboxylic acids is 1. The van der Waals surface area contributed by atoms with Crippen molar-refractivity contribution < 1.29 is 13.6 Å². The summed E-state index contributed by atoms with van der Waals surface area (Å²) in [5, 5.41) is 8.68. The number of aromatic nitrogens is 2. The first-order chi connectivity index (χ1) is 12.5. The van der Waals surface area contributed by atoms with Crippen LogP contribution in [-0.2, 0) is 11.3 Å². The highest BCUT2D eigenvalue weighted by molar-refractivity contribution is 7.13. The molecule has 0 saturated carbocycles. The number of carbonyl (C=O) groups is 1. The van der Waals surface area contributed by atoms with Crippen LogP contribution in [0.5, 0.6) is 0 Å². The third-order valence-electron chi connectivity index (χ3n) is 3.81. The topological polar surface area (TPSA) is 64.0 Å². The molecule has 1 N–H and O–H groups in total. The van der Waals surface area contributed by atoms with E-state index in [4.69, 9.17) is 0 Å². The van der Waals surface area contributed by atoms with E-state index in [9.17, 15) is 18.4 Å². The van der Waals surface area contributed by atoms with Crippen molar-refractivity contribution in [2.45, 2.75) is 19.5 Å². The van der Waals surface area contributed by atoms with Crippen molar-refractivity contribution in [2.75, 3.05) is 0 Å². The van der Waals surface area contributed by atoms with Gasteiger partial charge in [0.2, 0.25) is 5.91 Å². The van der Waals surface area contributed by atoms with Gasteiger partial charge in [0.25, 0.3) is 5.56 Å². The van der Waals surface area contributed by atoms with Crippen LogP contribution < -0.4 is 10.9 Å². The van der Waals surface area contributed by atoms with Crippen molar-refractivity contribution in [1.29, 1.82) is 0 Å². The van der Waals surface area contributed by atoms with Gasteiger partial charge in [0, 0.05) is 24.2 Å². The number of hydrogen-bond donors (Lipinski definition) is 1. The molecule has 1 aromatic carbocycles. The van der Waals surface area contributed by atoms with Crippen LogP contribution in [0.3, 0.4) is 0 Å². The first-order valence-electron chi connectivity index (χ1n) is 7.81. The summed E-state index contributed by atoms with van der Waals surface area (Å²) in [6, 6.07) is 8.93. The molecule has 0 aliphatic carbocycles. The molecule has 1 atom stereocenters. The van der Waals surface area contributed by atoms with Crippen LogP contribution in [0.2, 0.25) is 0 Å². The third kappa shape index (κ3) is 3.85. The molecule has 3 rings (SSSR count). The minimum atomic E-state index is -0.883. The number of nitrogens with zero attached hydrogens (tertiary/aromatic N) is 2. The van der Waals surface area contributed by atoms with Crippen LogP contribution >= 0.6 is 11.3 Å². The van der Waals surface area contributed by atoms with Crippen LogP contribution in [0.15, 0.2) is 52.6 Å². The first kappa shape index (κ1) is 17.9. The van der Waals surface area contributed by atoms with E-state index in [1.165, 1.54) is 30.4 Å². The van der Waals surface area contributed by atoms with E-state index in [1.54, 1.807) is 6.07 Å². The highest BCUT2D eigenvalue weighted by Gasteiger charge is 2.18. The fourth-order valence-electron chi connectivity index (χ4n) is 2.36. The predicted octanol–water partition coefficient (Wildman–Crippen LogP) is 3.13. The zero-order valence-electron chi connectivity index (χ0n) is 13.8. The first-order valence-corrected chi connectivity index (χ1v) is 8.69. The molecule has 2 heterocycles. The quantitative estimate of drug-likeness (QED) is 0.745. The molecule has 5 nitrogen and oxygen atoms in total. The molecule has 1 amide bonds. The van der Waals surface area contributed by atoms with Crippen LogP contribution in [-0.4, -0.2) is 15.7 Å². The fraction of sp³-hybridized carbons (Fsp3) is 0.167.